The Morgan fingerprint density at radius 2 is 1.65 bits per heavy atom. The van der Waals surface area contributed by atoms with Crippen molar-refractivity contribution in [2.24, 2.45) is 0 Å². The van der Waals surface area contributed by atoms with E-state index in [1.54, 1.807) is 0 Å². The zero-order chi connectivity index (χ0) is 14.1. The molecule has 23 heavy (non-hydrogen) atoms. The number of imidazole rings is 1. The first-order valence-corrected chi connectivity index (χ1v) is 6.80. The first-order chi connectivity index (χ1) is 9.65. The van der Waals surface area contributed by atoms with Crippen molar-refractivity contribution in [3.8, 4) is 0 Å². The number of benzene rings is 1. The third kappa shape index (κ3) is 4.36. The number of nitrogen functional groups attached to an aromatic ring is 1. The van der Waals surface area contributed by atoms with Gasteiger partial charge in [-0.3, -0.25) is 0 Å². The molecule has 126 valence electrons. The summed E-state index contributed by atoms with van der Waals surface area (Å²) in [5.41, 5.74) is 11.3. The van der Waals surface area contributed by atoms with Crippen LogP contribution in [0.5, 0.6) is 0 Å². The summed E-state index contributed by atoms with van der Waals surface area (Å²) in [5, 5.41) is 0. The summed E-state index contributed by atoms with van der Waals surface area (Å²) in [6, 6.07) is 10.5. The predicted octanol–water partition coefficient (Wildman–Crippen LogP) is 2.59. The van der Waals surface area contributed by atoms with E-state index >= 15 is 0 Å². The molecule has 0 bridgehead atoms. The zero-order valence-electron chi connectivity index (χ0n) is 13.0. The number of fused-ring (bicyclic) bond motifs is 1. The Kier molecular flexibility index (Phi) is 8.07. The van der Waals surface area contributed by atoms with Crippen LogP contribution in [0, 0.1) is 13.8 Å². The second-order valence-electron chi connectivity index (χ2n) is 5.09. The van der Waals surface area contributed by atoms with Gasteiger partial charge >= 0.3 is 20.4 Å². The fourth-order valence-electron chi connectivity index (χ4n) is 2.60. The predicted molar refractivity (Wildman–Crippen MR) is 85.5 cm³/mol. The number of H-pyrrole nitrogens is 1. The number of nitrogens with zero attached hydrogens (tertiary/aromatic N) is 2. The topological polar surface area (TPSA) is 128 Å². The van der Waals surface area contributed by atoms with Crippen LogP contribution in [0.2, 0.25) is 0 Å². The van der Waals surface area contributed by atoms with Crippen LogP contribution in [0.1, 0.15) is 22.6 Å². The Bertz CT molecular complexity index is 760. The summed E-state index contributed by atoms with van der Waals surface area (Å²) < 4.78 is 0. The van der Waals surface area contributed by atoms with Gasteiger partial charge in [-0.2, -0.15) is 0 Å². The quantitative estimate of drug-likeness (QED) is 0.646. The molecule has 0 spiro atoms. The van der Waals surface area contributed by atoms with Crippen LogP contribution < -0.4 is 5.73 Å². The molecule has 0 amide bonds. The number of aromatic nitrogens is 3. The van der Waals surface area contributed by atoms with Gasteiger partial charge in [0.25, 0.3) is 0 Å². The molecule has 0 saturated heterocycles. The van der Waals surface area contributed by atoms with Crippen molar-refractivity contribution in [2.45, 2.75) is 26.7 Å². The normalized spacial score (nSPS) is 9.65. The zero-order valence-corrected chi connectivity index (χ0v) is 14.5. The van der Waals surface area contributed by atoms with Crippen molar-refractivity contribution >= 4 is 16.9 Å². The maximum absolute atomic E-state index is 5.95. The second kappa shape index (κ2) is 8.75. The molecule has 0 unspecified atom stereocenters. The van der Waals surface area contributed by atoms with Crippen molar-refractivity contribution in [3.63, 3.8) is 0 Å². The van der Waals surface area contributed by atoms with Crippen LogP contribution >= 0.6 is 0 Å². The van der Waals surface area contributed by atoms with E-state index in [2.05, 4.69) is 39.2 Å². The average Bonchev–Trinajstić information content (AvgIpc) is 2.82. The van der Waals surface area contributed by atoms with Crippen molar-refractivity contribution in [2.75, 3.05) is 5.73 Å². The molecule has 0 aliphatic rings. The molecular weight excluding hydrogens is 387 g/mol. The molecule has 0 fully saturated rings. The number of anilines is 1. The number of nitrogens with one attached hydrogen (secondary N) is 1. The molecule has 0 aliphatic carbocycles. The third-order valence-electron chi connectivity index (χ3n) is 3.60. The maximum Gasteiger partial charge on any atom is 2.00 e. The van der Waals surface area contributed by atoms with E-state index in [1.165, 1.54) is 11.1 Å². The number of hydrogen-bond donors (Lipinski definition) is 2. The Morgan fingerprint density at radius 1 is 1.00 bits per heavy atom. The van der Waals surface area contributed by atoms with E-state index in [0.29, 0.717) is 5.82 Å². The van der Waals surface area contributed by atoms with Gasteiger partial charge in [-0.1, -0.05) is 30.3 Å². The van der Waals surface area contributed by atoms with Crippen molar-refractivity contribution in [3.05, 3.63) is 53.0 Å². The van der Waals surface area contributed by atoms with Gasteiger partial charge in [0.05, 0.1) is 5.52 Å². The summed E-state index contributed by atoms with van der Waals surface area (Å²) >= 11 is 0. The number of aryl methyl sites for hydroxylation is 4. The van der Waals surface area contributed by atoms with Crippen LogP contribution in [0.25, 0.3) is 11.0 Å². The van der Waals surface area contributed by atoms with E-state index in [4.69, 9.17) is 5.73 Å². The molecule has 0 atom stereocenters. The van der Waals surface area contributed by atoms with Gasteiger partial charge in [-0.05, 0) is 37.8 Å². The second-order valence-corrected chi connectivity index (χ2v) is 5.09. The first-order valence-electron chi connectivity index (χ1n) is 6.80. The number of pyridine rings is 1. The van der Waals surface area contributed by atoms with E-state index in [-0.39, 0.29) is 31.4 Å². The summed E-state index contributed by atoms with van der Waals surface area (Å²) in [5.74, 6) is 1.38. The maximum atomic E-state index is 5.95. The Labute approximate surface area is 148 Å². The summed E-state index contributed by atoms with van der Waals surface area (Å²) in [7, 11) is 0. The molecule has 5 N–H and O–H groups in total. The molecule has 2 aromatic heterocycles. The largest absolute Gasteiger partial charge is 2.00 e. The molecule has 3 aromatic rings. The monoisotopic (exact) mass is 406 g/mol. The van der Waals surface area contributed by atoms with Crippen molar-refractivity contribution in [1.29, 1.82) is 0 Å². The summed E-state index contributed by atoms with van der Waals surface area (Å²) in [6.07, 6.45) is 1.92. The minimum atomic E-state index is 0. The van der Waals surface area contributed by atoms with E-state index < -0.39 is 0 Å². The molecule has 3 rings (SSSR count). The van der Waals surface area contributed by atoms with Crippen LogP contribution in [0.15, 0.2) is 30.3 Å². The molecule has 0 saturated carbocycles. The van der Waals surface area contributed by atoms with E-state index in [9.17, 15) is 0 Å². The SMILES string of the molecule is Cc1nc2c(N)nc(C)c(CCc3ccccc3)c2[nH]1.[OH-].[OH-].[Pd+2]. The first kappa shape index (κ1) is 21.2. The van der Waals surface area contributed by atoms with Crippen molar-refractivity contribution in [1.82, 2.24) is 15.0 Å². The number of rotatable bonds is 3. The Morgan fingerprint density at radius 3 is 2.30 bits per heavy atom. The van der Waals surface area contributed by atoms with Gasteiger partial charge in [-0.15, -0.1) is 0 Å². The van der Waals surface area contributed by atoms with Gasteiger partial charge in [0, 0.05) is 5.69 Å². The Hall–Kier alpha value is -1.78. The standard InChI is InChI=1S/C16H18N4.2H2O.Pd/c1-10-13(9-8-12-6-4-3-5-7-12)14-15(16(17)18-10)20-11(2)19-14;;;/h3-7H,8-9H2,1-2H3,(H2,17,18)(H,19,20);2*1H2;/q;;;+2/p-2. The minimum absolute atomic E-state index is 0. The molecular formula is C16H20N4O2Pd. The van der Waals surface area contributed by atoms with Crippen LogP contribution in [-0.4, -0.2) is 25.9 Å². The Balaban J connectivity index is 0.00000161. The fraction of sp³-hybridized carbons (Fsp3) is 0.250. The number of aromatic amines is 1. The minimum Gasteiger partial charge on any atom is -0.870 e. The number of hydrogen-bond acceptors (Lipinski definition) is 5. The van der Waals surface area contributed by atoms with Crippen LogP contribution in [0.4, 0.5) is 5.82 Å². The van der Waals surface area contributed by atoms with E-state index in [0.717, 1.165) is 35.4 Å². The molecule has 7 heteroatoms. The van der Waals surface area contributed by atoms with Crippen LogP contribution in [-0.2, 0) is 33.3 Å². The summed E-state index contributed by atoms with van der Waals surface area (Å²) in [4.78, 5) is 12.2. The molecule has 6 nitrogen and oxygen atoms in total. The average molecular weight is 407 g/mol. The van der Waals surface area contributed by atoms with Crippen molar-refractivity contribution < 1.29 is 31.4 Å². The van der Waals surface area contributed by atoms with Gasteiger partial charge in [-0.25, -0.2) is 9.97 Å². The van der Waals surface area contributed by atoms with Gasteiger partial charge < -0.3 is 21.7 Å². The van der Waals surface area contributed by atoms with Gasteiger partial charge in [0.15, 0.2) is 5.82 Å². The molecule has 0 aliphatic heterocycles. The summed E-state index contributed by atoms with van der Waals surface area (Å²) in [6.45, 7) is 3.95. The fourth-order valence-corrected chi connectivity index (χ4v) is 2.60. The molecule has 0 radical (unpaired) electrons. The number of nitrogens with two attached hydrogens (primary N) is 1. The van der Waals surface area contributed by atoms with Crippen LogP contribution in [0.3, 0.4) is 0 Å². The molecule has 1 aromatic carbocycles. The van der Waals surface area contributed by atoms with E-state index in [1.807, 2.05) is 19.9 Å². The molecule has 2 heterocycles. The third-order valence-corrected chi connectivity index (χ3v) is 3.60. The van der Waals surface area contributed by atoms with Gasteiger partial charge in [0.1, 0.15) is 11.3 Å². The smallest absolute Gasteiger partial charge is 0.870 e. The van der Waals surface area contributed by atoms with Gasteiger partial charge in [0.2, 0.25) is 0 Å².